The van der Waals surface area contributed by atoms with Gasteiger partial charge in [0.2, 0.25) is 5.89 Å². The van der Waals surface area contributed by atoms with Crippen molar-refractivity contribution >= 4 is 0 Å². The van der Waals surface area contributed by atoms with Crippen LogP contribution in [-0.2, 0) is 4.74 Å². The molecule has 2 rings (SSSR count). The fourth-order valence-corrected chi connectivity index (χ4v) is 1.98. The molecule has 2 atom stereocenters. The zero-order valence-electron chi connectivity index (χ0n) is 10.6. The Labute approximate surface area is 102 Å². The van der Waals surface area contributed by atoms with Crippen molar-refractivity contribution in [3.8, 4) is 0 Å². The van der Waals surface area contributed by atoms with E-state index >= 15 is 0 Å². The van der Waals surface area contributed by atoms with Crippen LogP contribution in [0.5, 0.6) is 0 Å². The van der Waals surface area contributed by atoms with E-state index in [0.29, 0.717) is 11.8 Å². The van der Waals surface area contributed by atoms with E-state index in [1.165, 1.54) is 0 Å². The third-order valence-corrected chi connectivity index (χ3v) is 3.05. The van der Waals surface area contributed by atoms with Crippen LogP contribution in [0.1, 0.15) is 56.8 Å². The van der Waals surface area contributed by atoms with Gasteiger partial charge in [-0.1, -0.05) is 12.1 Å². The van der Waals surface area contributed by atoms with Gasteiger partial charge in [0.1, 0.15) is 0 Å². The molecule has 0 saturated carbocycles. The molecule has 1 aliphatic rings. The highest BCUT2D eigenvalue weighted by Crippen LogP contribution is 2.23. The van der Waals surface area contributed by atoms with Gasteiger partial charge in [-0.2, -0.15) is 4.98 Å². The molecule has 5 heteroatoms. The van der Waals surface area contributed by atoms with Gasteiger partial charge < -0.3 is 14.6 Å². The van der Waals surface area contributed by atoms with Gasteiger partial charge in [-0.05, 0) is 32.7 Å². The lowest BCUT2D eigenvalue weighted by molar-refractivity contribution is 0.0773. The SMILES string of the molecule is CCCNC(C)c1nc(C2CCCOC2)no1. The number of ether oxygens (including phenoxy) is 1. The number of rotatable bonds is 5. The largest absolute Gasteiger partial charge is 0.381 e. The first kappa shape index (κ1) is 12.5. The van der Waals surface area contributed by atoms with Crippen LogP contribution in [0.3, 0.4) is 0 Å². The number of hydrogen-bond donors (Lipinski definition) is 1. The molecule has 1 aromatic rings. The van der Waals surface area contributed by atoms with Crippen molar-refractivity contribution in [1.82, 2.24) is 15.5 Å². The Morgan fingerprint density at radius 2 is 2.41 bits per heavy atom. The highest BCUT2D eigenvalue weighted by molar-refractivity contribution is 4.98. The number of hydrogen-bond acceptors (Lipinski definition) is 5. The summed E-state index contributed by atoms with van der Waals surface area (Å²) in [6.45, 7) is 6.72. The van der Waals surface area contributed by atoms with Gasteiger partial charge in [0.15, 0.2) is 5.82 Å². The van der Waals surface area contributed by atoms with Gasteiger partial charge >= 0.3 is 0 Å². The van der Waals surface area contributed by atoms with Gasteiger partial charge in [-0.15, -0.1) is 0 Å². The monoisotopic (exact) mass is 239 g/mol. The van der Waals surface area contributed by atoms with Crippen LogP contribution in [0, 0.1) is 0 Å². The molecule has 2 unspecified atom stereocenters. The quantitative estimate of drug-likeness (QED) is 0.851. The minimum absolute atomic E-state index is 0.126. The third-order valence-electron chi connectivity index (χ3n) is 3.05. The predicted molar refractivity (Wildman–Crippen MR) is 63.8 cm³/mol. The smallest absolute Gasteiger partial charge is 0.243 e. The molecule has 0 aromatic carbocycles. The summed E-state index contributed by atoms with van der Waals surface area (Å²) in [5, 5.41) is 7.40. The van der Waals surface area contributed by atoms with Crippen LogP contribution in [-0.4, -0.2) is 29.9 Å². The molecular formula is C12H21N3O2. The molecule has 2 heterocycles. The maximum atomic E-state index is 5.43. The third kappa shape index (κ3) is 3.26. The molecule has 0 radical (unpaired) electrons. The van der Waals surface area contributed by atoms with Gasteiger partial charge in [-0.25, -0.2) is 0 Å². The number of nitrogens with one attached hydrogen (secondary N) is 1. The van der Waals surface area contributed by atoms with E-state index in [-0.39, 0.29) is 6.04 Å². The topological polar surface area (TPSA) is 60.2 Å². The van der Waals surface area contributed by atoms with E-state index in [9.17, 15) is 0 Å². The van der Waals surface area contributed by atoms with Gasteiger partial charge in [0.25, 0.3) is 0 Å². The van der Waals surface area contributed by atoms with Crippen LogP contribution < -0.4 is 5.32 Å². The minimum atomic E-state index is 0.126. The normalized spacial score (nSPS) is 22.6. The number of aromatic nitrogens is 2. The van der Waals surface area contributed by atoms with Crippen LogP contribution in [0.2, 0.25) is 0 Å². The molecule has 0 bridgehead atoms. The molecule has 1 aromatic heterocycles. The predicted octanol–water partition coefficient (Wildman–Crippen LogP) is 2.02. The van der Waals surface area contributed by atoms with Crippen molar-refractivity contribution in [3.05, 3.63) is 11.7 Å². The van der Waals surface area contributed by atoms with Crippen molar-refractivity contribution in [1.29, 1.82) is 0 Å². The van der Waals surface area contributed by atoms with E-state index in [4.69, 9.17) is 9.26 Å². The second kappa shape index (κ2) is 6.12. The maximum Gasteiger partial charge on any atom is 0.243 e. The Balaban J connectivity index is 1.94. The first-order valence-corrected chi connectivity index (χ1v) is 6.46. The molecule has 96 valence electrons. The Morgan fingerprint density at radius 3 is 3.12 bits per heavy atom. The van der Waals surface area contributed by atoms with Crippen LogP contribution in [0.4, 0.5) is 0 Å². The van der Waals surface area contributed by atoms with E-state index in [2.05, 4.69) is 22.4 Å². The standard InChI is InChI=1S/C12H21N3O2/c1-3-6-13-9(2)12-14-11(15-17-12)10-5-4-7-16-8-10/h9-10,13H,3-8H2,1-2H3. The highest BCUT2D eigenvalue weighted by atomic mass is 16.5. The van der Waals surface area contributed by atoms with Crippen LogP contribution >= 0.6 is 0 Å². The zero-order chi connectivity index (χ0) is 12.1. The summed E-state index contributed by atoms with van der Waals surface area (Å²) in [7, 11) is 0. The maximum absolute atomic E-state index is 5.43. The van der Waals surface area contributed by atoms with Gasteiger partial charge in [0, 0.05) is 12.5 Å². The fourth-order valence-electron chi connectivity index (χ4n) is 1.98. The van der Waals surface area contributed by atoms with Crippen LogP contribution in [0.25, 0.3) is 0 Å². The summed E-state index contributed by atoms with van der Waals surface area (Å²) in [5.74, 6) is 1.78. The lowest BCUT2D eigenvalue weighted by atomic mass is 10.0. The molecule has 0 aliphatic carbocycles. The molecular weight excluding hydrogens is 218 g/mol. The molecule has 17 heavy (non-hydrogen) atoms. The molecule has 1 N–H and O–H groups in total. The average molecular weight is 239 g/mol. The molecule has 0 amide bonds. The highest BCUT2D eigenvalue weighted by Gasteiger charge is 2.22. The Morgan fingerprint density at radius 1 is 1.53 bits per heavy atom. The van der Waals surface area contributed by atoms with Gasteiger partial charge in [0.05, 0.1) is 12.6 Å². The molecule has 5 nitrogen and oxygen atoms in total. The minimum Gasteiger partial charge on any atom is -0.381 e. The average Bonchev–Trinajstić information content (AvgIpc) is 2.86. The molecule has 1 fully saturated rings. The second-order valence-electron chi connectivity index (χ2n) is 4.58. The Bertz CT molecular complexity index is 334. The molecule has 1 saturated heterocycles. The lowest BCUT2D eigenvalue weighted by Gasteiger charge is -2.18. The summed E-state index contributed by atoms with van der Waals surface area (Å²) in [6.07, 6.45) is 3.27. The fraction of sp³-hybridized carbons (Fsp3) is 0.833. The lowest BCUT2D eigenvalue weighted by Crippen LogP contribution is -2.20. The Hall–Kier alpha value is -0.940. The van der Waals surface area contributed by atoms with Crippen molar-refractivity contribution in [2.45, 2.75) is 45.1 Å². The summed E-state index contributed by atoms with van der Waals surface area (Å²) in [5.41, 5.74) is 0. The summed E-state index contributed by atoms with van der Waals surface area (Å²) < 4.78 is 10.7. The summed E-state index contributed by atoms with van der Waals surface area (Å²) in [6, 6.07) is 0.126. The van der Waals surface area contributed by atoms with Gasteiger partial charge in [-0.3, -0.25) is 0 Å². The van der Waals surface area contributed by atoms with E-state index in [1.54, 1.807) is 0 Å². The van der Waals surface area contributed by atoms with E-state index in [1.807, 2.05) is 6.92 Å². The van der Waals surface area contributed by atoms with E-state index in [0.717, 1.165) is 44.8 Å². The van der Waals surface area contributed by atoms with Crippen molar-refractivity contribution in [2.24, 2.45) is 0 Å². The van der Waals surface area contributed by atoms with Crippen molar-refractivity contribution < 1.29 is 9.26 Å². The summed E-state index contributed by atoms with van der Waals surface area (Å²) in [4.78, 5) is 4.47. The Kier molecular flexibility index (Phi) is 4.50. The summed E-state index contributed by atoms with van der Waals surface area (Å²) >= 11 is 0. The van der Waals surface area contributed by atoms with Crippen molar-refractivity contribution in [3.63, 3.8) is 0 Å². The number of nitrogens with zero attached hydrogens (tertiary/aromatic N) is 2. The zero-order valence-corrected chi connectivity index (χ0v) is 10.6. The molecule has 0 spiro atoms. The van der Waals surface area contributed by atoms with Crippen LogP contribution in [0.15, 0.2) is 4.52 Å². The van der Waals surface area contributed by atoms with Crippen molar-refractivity contribution in [2.75, 3.05) is 19.8 Å². The first-order chi connectivity index (χ1) is 8.31. The first-order valence-electron chi connectivity index (χ1n) is 6.46. The second-order valence-corrected chi connectivity index (χ2v) is 4.58. The van der Waals surface area contributed by atoms with E-state index < -0.39 is 0 Å². The molecule has 1 aliphatic heterocycles.